The van der Waals surface area contributed by atoms with E-state index in [1.807, 2.05) is 32.0 Å². The maximum atomic E-state index is 14.8. The summed E-state index contributed by atoms with van der Waals surface area (Å²) in [5.74, 6) is -5.53. The van der Waals surface area contributed by atoms with Crippen molar-refractivity contribution in [3.05, 3.63) is 71.7 Å². The van der Waals surface area contributed by atoms with Crippen molar-refractivity contribution in [2.24, 2.45) is 23.7 Å². The summed E-state index contributed by atoms with van der Waals surface area (Å²) in [6, 6.07) is 9.61. The van der Waals surface area contributed by atoms with Crippen molar-refractivity contribution in [3.8, 4) is 0 Å². The fourth-order valence-electron chi connectivity index (χ4n) is 10.8. The predicted molar refractivity (Wildman–Crippen MR) is 310 cm³/mol. The molecule has 2 saturated heterocycles. The molecule has 0 spiro atoms. The first-order chi connectivity index (χ1) is 40.4. The van der Waals surface area contributed by atoms with Crippen LogP contribution in [0, 0.1) is 23.7 Å². The van der Waals surface area contributed by atoms with E-state index in [1.54, 1.807) is 65.6 Å². The molecule has 3 aliphatic heterocycles. The van der Waals surface area contributed by atoms with Gasteiger partial charge in [-0.2, -0.15) is 0 Å². The van der Waals surface area contributed by atoms with E-state index in [0.717, 1.165) is 4.90 Å². The van der Waals surface area contributed by atoms with Crippen molar-refractivity contribution in [2.45, 2.75) is 162 Å². The third-order valence-electron chi connectivity index (χ3n) is 15.7. The smallest absolute Gasteiger partial charge is 0.416 e. The van der Waals surface area contributed by atoms with Crippen LogP contribution in [0.3, 0.4) is 0 Å². The first kappa shape index (κ1) is 68.4. The van der Waals surface area contributed by atoms with Crippen LogP contribution >= 0.6 is 0 Å². The van der Waals surface area contributed by atoms with E-state index in [9.17, 15) is 48.3 Å². The topological polar surface area (TPSA) is 300 Å². The number of likely N-dealkylation sites (tertiary alicyclic amines) is 1. The normalized spacial score (nSPS) is 19.2. The number of imide groups is 1. The van der Waals surface area contributed by atoms with Crippen LogP contribution in [0.5, 0.6) is 0 Å². The predicted octanol–water partition coefficient (Wildman–Crippen LogP) is 5.77. The van der Waals surface area contributed by atoms with Crippen molar-refractivity contribution in [1.29, 1.82) is 0 Å². The lowest BCUT2D eigenvalue weighted by molar-refractivity contribution is -0.196. The summed E-state index contributed by atoms with van der Waals surface area (Å²) >= 11 is 0. The summed E-state index contributed by atoms with van der Waals surface area (Å²) in [4.78, 5) is 131. The first-order valence-corrected chi connectivity index (χ1v) is 29.1. The van der Waals surface area contributed by atoms with Crippen LogP contribution in [-0.2, 0) is 73.4 Å². The quantitative estimate of drug-likeness (QED) is 0.0632. The molecule has 85 heavy (non-hydrogen) atoms. The van der Waals surface area contributed by atoms with Gasteiger partial charge in [-0.3, -0.25) is 39.0 Å². The van der Waals surface area contributed by atoms with Crippen molar-refractivity contribution in [2.75, 3.05) is 65.4 Å². The number of methoxy groups -OCH3 is 2. The molecule has 2 aromatic carbocycles. The highest BCUT2D eigenvalue weighted by Crippen LogP contribution is 2.31. The Morgan fingerprint density at radius 3 is 2.15 bits per heavy atom. The zero-order valence-electron chi connectivity index (χ0n) is 51.1. The maximum absolute atomic E-state index is 14.8. The van der Waals surface area contributed by atoms with E-state index in [4.69, 9.17) is 33.3 Å². The van der Waals surface area contributed by atoms with Crippen LogP contribution in [0.25, 0.3) is 0 Å². The fraction of sp³-hybridized carbons (Fsp3) is 0.617. The molecular weight excluding hydrogens is 1100 g/mol. The highest BCUT2D eigenvalue weighted by atomic mass is 16.7. The number of ether oxygens (including phenoxy) is 6. The van der Waals surface area contributed by atoms with Crippen LogP contribution in [0.1, 0.15) is 124 Å². The van der Waals surface area contributed by atoms with Crippen molar-refractivity contribution >= 4 is 65.0 Å². The molecule has 0 aliphatic carbocycles. The molecule has 3 heterocycles. The van der Waals surface area contributed by atoms with E-state index in [0.29, 0.717) is 61.4 Å². The van der Waals surface area contributed by atoms with Gasteiger partial charge in [0.2, 0.25) is 23.6 Å². The number of hydroxylamine groups is 2. The van der Waals surface area contributed by atoms with Gasteiger partial charge in [0.05, 0.1) is 66.8 Å². The number of allylic oxidation sites excluding steroid dienone is 1. The molecule has 10 atom stereocenters. The summed E-state index contributed by atoms with van der Waals surface area (Å²) < 4.78 is 33.7. The molecule has 5 N–H and O–H groups in total. The largest absolute Gasteiger partial charge is 0.472 e. The average molecular weight is 1190 g/mol. The van der Waals surface area contributed by atoms with Gasteiger partial charge in [0.25, 0.3) is 11.8 Å². The number of benzene rings is 2. The minimum atomic E-state index is -1.13. The van der Waals surface area contributed by atoms with Crippen molar-refractivity contribution in [3.63, 3.8) is 0 Å². The van der Waals surface area contributed by atoms with Gasteiger partial charge in [-0.15, -0.1) is 5.06 Å². The number of amides is 8. The summed E-state index contributed by atoms with van der Waals surface area (Å²) in [6.07, 6.45) is -0.437. The molecule has 25 heteroatoms. The van der Waals surface area contributed by atoms with Gasteiger partial charge in [-0.25, -0.2) is 14.4 Å². The Labute approximate surface area is 498 Å². The number of aliphatic hydroxyl groups is 1. The molecule has 0 unspecified atom stereocenters. The van der Waals surface area contributed by atoms with Gasteiger partial charge in [-0.1, -0.05) is 91.3 Å². The standard InChI is InChI=1S/C60H88N8O17/c1-13-37(6)53(46(79-11)30-49(71)67-27-17-22-45(67)55(80-12)38(7)56(74)62-39(8)54(73)41-19-15-14-16-20-41)65(9)58(76)51(35(2)3)64-57(75)52(36(4)5)66(10)60(78)83-32-40-23-24-43(63-59(77)84-42-21-18-28-81-34-82-33-42)44(29-40)61-31-50(72)85-68-47(69)25-26-48(68)70/h14-16,19-20,23-24,29,33,35-39,45-46,51-55,61,73H,13,17-18,21-22,25-28,30-32,34H2,1-12H3,(H,62,74)(H,63,77)(H,64,75)/b42-33+/t37-,38+,39+,45-,46+,51-,52-,53-,54+,55+/m0/s1. The van der Waals surface area contributed by atoms with E-state index >= 15 is 0 Å². The Bertz CT molecular complexity index is 2640. The van der Waals surface area contributed by atoms with E-state index in [2.05, 4.69) is 21.3 Å². The second kappa shape index (κ2) is 32.8. The maximum Gasteiger partial charge on any atom is 0.416 e. The molecule has 0 bridgehead atoms. The molecule has 470 valence electrons. The number of carbonyl (C=O) groups is 9. The number of aliphatic hydroxyl groups excluding tert-OH is 1. The van der Waals surface area contributed by atoms with Crippen LogP contribution < -0.4 is 21.3 Å². The molecule has 0 radical (unpaired) electrons. The van der Waals surface area contributed by atoms with Crippen LogP contribution in [0.2, 0.25) is 0 Å². The zero-order chi connectivity index (χ0) is 62.7. The lowest BCUT2D eigenvalue weighted by atomic mass is 9.89. The zero-order valence-corrected chi connectivity index (χ0v) is 51.1. The molecule has 8 amide bonds. The van der Waals surface area contributed by atoms with Crippen LogP contribution in [0.15, 0.2) is 60.6 Å². The Hall–Kier alpha value is -7.35. The van der Waals surface area contributed by atoms with Gasteiger partial charge in [-0.05, 0) is 67.2 Å². The Balaban J connectivity index is 1.25. The lowest BCUT2D eigenvalue weighted by Gasteiger charge is -2.41. The second-order valence-corrected chi connectivity index (χ2v) is 22.5. The number of hydrogen-bond acceptors (Lipinski definition) is 18. The number of nitrogens with zero attached hydrogens (tertiary/aromatic N) is 4. The number of rotatable bonds is 28. The first-order valence-electron chi connectivity index (χ1n) is 29.1. The minimum Gasteiger partial charge on any atom is -0.472 e. The average Bonchev–Trinajstić information content (AvgIpc) is 4.29. The molecule has 3 aliphatic rings. The number of carbonyl (C=O) groups excluding carboxylic acids is 9. The monoisotopic (exact) mass is 1190 g/mol. The second-order valence-electron chi connectivity index (χ2n) is 22.5. The molecule has 25 nitrogen and oxygen atoms in total. The summed E-state index contributed by atoms with van der Waals surface area (Å²) in [5.41, 5.74) is 1.29. The van der Waals surface area contributed by atoms with Gasteiger partial charge < -0.3 is 64.1 Å². The SMILES string of the molecule is CC[C@H](C)[C@@H]([C@@H](CC(=O)N1CCC[C@H]1[C@H](OC)[C@@H](C)C(=O)N[C@H](C)[C@@H](O)c1ccccc1)OC)N(C)C(=O)[C@@H](NC(=O)[C@H](C(C)C)N(C)C(=O)OCc1ccc(NC(=O)O/C2=C/OCOCCC2)c(NCC(=O)ON2C(=O)CCC2=O)c1)C(C)C. The molecule has 0 saturated carbocycles. The molecule has 0 aromatic heterocycles. The lowest BCUT2D eigenvalue weighted by Crippen LogP contribution is -2.60. The highest BCUT2D eigenvalue weighted by Gasteiger charge is 2.44. The Kier molecular flexibility index (Phi) is 26.4. The summed E-state index contributed by atoms with van der Waals surface area (Å²) in [7, 11) is 6.02. The molecule has 2 aromatic rings. The van der Waals surface area contributed by atoms with E-state index in [-0.39, 0.29) is 67.5 Å². The van der Waals surface area contributed by atoms with Gasteiger partial charge >= 0.3 is 18.2 Å². The van der Waals surface area contributed by atoms with E-state index < -0.39 is 115 Å². The summed E-state index contributed by atoms with van der Waals surface area (Å²) in [6.45, 7) is 14.3. The third kappa shape index (κ3) is 18.8. The van der Waals surface area contributed by atoms with Gasteiger partial charge in [0, 0.05) is 54.1 Å². The highest BCUT2D eigenvalue weighted by molar-refractivity contribution is 6.02. The van der Waals surface area contributed by atoms with Gasteiger partial charge in [0.1, 0.15) is 37.3 Å². The number of hydrogen-bond donors (Lipinski definition) is 5. The number of likely N-dealkylation sites (N-methyl/N-ethyl adjacent to an activating group) is 2. The van der Waals surface area contributed by atoms with Crippen molar-refractivity contribution in [1.82, 2.24) is 30.4 Å². The van der Waals surface area contributed by atoms with E-state index in [1.165, 1.54) is 50.6 Å². The van der Waals surface area contributed by atoms with Crippen molar-refractivity contribution < 1.29 is 81.5 Å². The van der Waals surface area contributed by atoms with Crippen LogP contribution in [-0.4, -0.2) is 176 Å². The molecular formula is C60H88N8O17. The molecule has 2 fully saturated rings. The molecule has 5 rings (SSSR count). The fourth-order valence-corrected chi connectivity index (χ4v) is 10.8. The van der Waals surface area contributed by atoms with Crippen LogP contribution in [0.4, 0.5) is 21.0 Å². The minimum absolute atomic E-state index is 0.0183. The Morgan fingerprint density at radius 1 is 0.824 bits per heavy atom. The third-order valence-corrected chi connectivity index (χ3v) is 15.7. The summed E-state index contributed by atoms with van der Waals surface area (Å²) in [5, 5.41) is 22.6. The number of nitrogens with one attached hydrogen (secondary N) is 4. The number of anilines is 2. The Morgan fingerprint density at radius 2 is 1.52 bits per heavy atom. The van der Waals surface area contributed by atoms with Gasteiger partial charge in [0.15, 0.2) is 6.79 Å².